The van der Waals surface area contributed by atoms with E-state index in [1.807, 2.05) is 12.1 Å². The summed E-state index contributed by atoms with van der Waals surface area (Å²) in [5.74, 6) is 5.97. The molecule has 26 heavy (non-hydrogen) atoms. The Labute approximate surface area is 156 Å². The highest BCUT2D eigenvalue weighted by Crippen LogP contribution is 2.22. The van der Waals surface area contributed by atoms with Crippen molar-refractivity contribution in [3.05, 3.63) is 35.4 Å². The van der Waals surface area contributed by atoms with Crippen LogP contribution in [0.15, 0.2) is 24.3 Å². The van der Waals surface area contributed by atoms with E-state index in [1.165, 1.54) is 5.56 Å². The molecule has 1 unspecified atom stereocenters. The fourth-order valence-electron chi connectivity index (χ4n) is 3.94. The van der Waals surface area contributed by atoms with Crippen molar-refractivity contribution in [2.75, 3.05) is 32.8 Å². The summed E-state index contributed by atoms with van der Waals surface area (Å²) in [5, 5.41) is 29.0. The summed E-state index contributed by atoms with van der Waals surface area (Å²) < 4.78 is 0. The van der Waals surface area contributed by atoms with E-state index >= 15 is 0 Å². The maximum absolute atomic E-state index is 10.6. The molecular formula is C21H30N2O3. The highest BCUT2D eigenvalue weighted by atomic mass is 16.3. The molecule has 0 aromatic heterocycles. The second-order valence-corrected chi connectivity index (χ2v) is 7.40. The second kappa shape index (κ2) is 9.50. The lowest BCUT2D eigenvalue weighted by molar-refractivity contribution is -0.0355. The lowest BCUT2D eigenvalue weighted by atomic mass is 9.96. The lowest BCUT2D eigenvalue weighted by Crippen LogP contribution is -2.55. The SMILES string of the molecule is OCCC#Cc1ccc(CN2CCC(N3CCC(O)CC3)[C@H](O)C2)cc1. The van der Waals surface area contributed by atoms with Crippen molar-refractivity contribution in [3.63, 3.8) is 0 Å². The minimum atomic E-state index is -0.331. The Kier molecular flexibility index (Phi) is 7.07. The number of likely N-dealkylation sites (tertiary alicyclic amines) is 2. The van der Waals surface area contributed by atoms with Crippen LogP contribution in [-0.4, -0.2) is 76.2 Å². The first-order valence-electron chi connectivity index (χ1n) is 9.67. The van der Waals surface area contributed by atoms with Crippen LogP contribution in [0.2, 0.25) is 0 Å². The average Bonchev–Trinajstić information content (AvgIpc) is 2.65. The van der Waals surface area contributed by atoms with E-state index < -0.39 is 0 Å². The van der Waals surface area contributed by atoms with E-state index in [9.17, 15) is 10.2 Å². The molecule has 0 bridgehead atoms. The Hall–Kier alpha value is -1.42. The van der Waals surface area contributed by atoms with Crippen molar-refractivity contribution in [1.82, 2.24) is 9.80 Å². The Bertz CT molecular complexity index is 614. The summed E-state index contributed by atoms with van der Waals surface area (Å²) in [4.78, 5) is 4.67. The molecule has 0 amide bonds. The molecule has 0 spiro atoms. The van der Waals surface area contributed by atoms with Gasteiger partial charge in [-0.2, -0.15) is 0 Å². The van der Waals surface area contributed by atoms with Crippen LogP contribution in [-0.2, 0) is 6.54 Å². The molecule has 0 saturated carbocycles. The number of nitrogens with zero attached hydrogens (tertiary/aromatic N) is 2. The van der Waals surface area contributed by atoms with Gasteiger partial charge in [0.2, 0.25) is 0 Å². The Morgan fingerprint density at radius 2 is 1.73 bits per heavy atom. The average molecular weight is 358 g/mol. The third kappa shape index (κ3) is 5.29. The number of aliphatic hydroxyl groups is 3. The van der Waals surface area contributed by atoms with Crippen molar-refractivity contribution in [1.29, 1.82) is 0 Å². The van der Waals surface area contributed by atoms with Gasteiger partial charge in [0.05, 0.1) is 18.8 Å². The Morgan fingerprint density at radius 3 is 2.38 bits per heavy atom. The summed E-state index contributed by atoms with van der Waals surface area (Å²) in [5.41, 5.74) is 2.19. The predicted octanol–water partition coefficient (Wildman–Crippen LogP) is 0.812. The van der Waals surface area contributed by atoms with Crippen molar-refractivity contribution >= 4 is 0 Å². The number of piperidine rings is 2. The molecule has 1 aromatic carbocycles. The molecule has 2 saturated heterocycles. The Morgan fingerprint density at radius 1 is 1.00 bits per heavy atom. The van der Waals surface area contributed by atoms with Gasteiger partial charge < -0.3 is 15.3 Å². The van der Waals surface area contributed by atoms with Crippen LogP contribution in [0.3, 0.4) is 0 Å². The molecular weight excluding hydrogens is 328 g/mol. The second-order valence-electron chi connectivity index (χ2n) is 7.40. The highest BCUT2D eigenvalue weighted by Gasteiger charge is 2.33. The molecule has 0 radical (unpaired) electrons. The number of aliphatic hydroxyl groups excluding tert-OH is 3. The van der Waals surface area contributed by atoms with Crippen LogP contribution >= 0.6 is 0 Å². The van der Waals surface area contributed by atoms with Gasteiger partial charge in [0.25, 0.3) is 0 Å². The number of β-amino-alcohol motifs (C(OH)–C–C–N with tert-alkyl or cyclic N) is 1. The molecule has 142 valence electrons. The van der Waals surface area contributed by atoms with Gasteiger partial charge >= 0.3 is 0 Å². The summed E-state index contributed by atoms with van der Waals surface area (Å²) >= 11 is 0. The van der Waals surface area contributed by atoms with Crippen LogP contribution in [0.1, 0.15) is 36.8 Å². The number of hydrogen-bond donors (Lipinski definition) is 3. The van der Waals surface area contributed by atoms with Crippen LogP contribution in [0.4, 0.5) is 0 Å². The fourth-order valence-corrected chi connectivity index (χ4v) is 3.94. The lowest BCUT2D eigenvalue weighted by Gasteiger charge is -2.43. The van der Waals surface area contributed by atoms with Gasteiger partial charge in [-0.25, -0.2) is 0 Å². The molecule has 2 heterocycles. The van der Waals surface area contributed by atoms with Crippen LogP contribution in [0.5, 0.6) is 0 Å². The number of rotatable bonds is 4. The zero-order valence-electron chi connectivity index (χ0n) is 15.3. The van der Waals surface area contributed by atoms with Crippen molar-refractivity contribution < 1.29 is 15.3 Å². The number of hydrogen-bond acceptors (Lipinski definition) is 5. The van der Waals surface area contributed by atoms with Crippen molar-refractivity contribution in [3.8, 4) is 11.8 Å². The fraction of sp³-hybridized carbons (Fsp3) is 0.619. The van der Waals surface area contributed by atoms with E-state index in [1.54, 1.807) is 0 Å². The first-order valence-corrected chi connectivity index (χ1v) is 9.67. The third-order valence-corrected chi connectivity index (χ3v) is 5.43. The van der Waals surface area contributed by atoms with E-state index in [0.717, 1.165) is 51.0 Å². The smallest absolute Gasteiger partial charge is 0.0822 e. The molecule has 5 heteroatoms. The van der Waals surface area contributed by atoms with Gasteiger partial charge in [-0.05, 0) is 37.0 Å². The first-order chi connectivity index (χ1) is 12.7. The van der Waals surface area contributed by atoms with E-state index in [4.69, 9.17) is 5.11 Å². The largest absolute Gasteiger partial charge is 0.395 e. The van der Waals surface area contributed by atoms with Gasteiger partial charge in [-0.3, -0.25) is 9.80 Å². The van der Waals surface area contributed by atoms with Crippen LogP contribution < -0.4 is 0 Å². The molecule has 0 aliphatic carbocycles. The quantitative estimate of drug-likeness (QED) is 0.695. The minimum absolute atomic E-state index is 0.0986. The first kappa shape index (κ1) is 19.3. The van der Waals surface area contributed by atoms with Gasteiger partial charge in [-0.1, -0.05) is 24.0 Å². The highest BCUT2D eigenvalue weighted by molar-refractivity contribution is 5.36. The molecule has 2 fully saturated rings. The summed E-state index contributed by atoms with van der Waals surface area (Å²) in [6.07, 6.45) is 2.62. The zero-order valence-corrected chi connectivity index (χ0v) is 15.3. The van der Waals surface area contributed by atoms with E-state index in [0.29, 0.717) is 13.0 Å². The maximum Gasteiger partial charge on any atom is 0.0822 e. The summed E-state index contributed by atoms with van der Waals surface area (Å²) in [6.45, 7) is 4.40. The van der Waals surface area contributed by atoms with Gasteiger partial charge in [0.1, 0.15) is 0 Å². The molecule has 2 aliphatic rings. The molecule has 2 aliphatic heterocycles. The molecule has 2 atom stereocenters. The zero-order chi connectivity index (χ0) is 18.4. The molecule has 5 nitrogen and oxygen atoms in total. The van der Waals surface area contributed by atoms with Gasteiger partial charge in [-0.15, -0.1) is 0 Å². The summed E-state index contributed by atoms with van der Waals surface area (Å²) in [7, 11) is 0. The van der Waals surface area contributed by atoms with E-state index in [-0.39, 0.29) is 24.9 Å². The van der Waals surface area contributed by atoms with Crippen molar-refractivity contribution in [2.24, 2.45) is 0 Å². The van der Waals surface area contributed by atoms with Gasteiger partial charge in [0, 0.05) is 50.7 Å². The van der Waals surface area contributed by atoms with Crippen LogP contribution in [0, 0.1) is 11.8 Å². The predicted molar refractivity (Wildman–Crippen MR) is 102 cm³/mol. The normalized spacial score (nSPS) is 25.7. The monoisotopic (exact) mass is 358 g/mol. The molecule has 3 N–H and O–H groups in total. The topological polar surface area (TPSA) is 67.2 Å². The Balaban J connectivity index is 1.49. The molecule has 1 aromatic rings. The third-order valence-electron chi connectivity index (χ3n) is 5.43. The van der Waals surface area contributed by atoms with Crippen molar-refractivity contribution in [2.45, 2.75) is 50.5 Å². The molecule has 3 rings (SSSR count). The summed E-state index contributed by atoms with van der Waals surface area (Å²) in [6, 6.07) is 8.44. The van der Waals surface area contributed by atoms with Gasteiger partial charge in [0.15, 0.2) is 0 Å². The van der Waals surface area contributed by atoms with Crippen LogP contribution in [0.25, 0.3) is 0 Å². The standard InChI is InChI=1S/C21H30N2O3/c24-14-2-1-3-17-4-6-18(7-5-17)15-22-11-10-20(21(26)16-22)23-12-8-19(25)9-13-23/h4-7,19-21,24-26H,2,8-16H2/t20?,21-/m1/s1. The maximum atomic E-state index is 10.6. The minimum Gasteiger partial charge on any atom is -0.395 e. The number of benzene rings is 1. The van der Waals surface area contributed by atoms with E-state index in [2.05, 4.69) is 33.8 Å².